The second-order valence-corrected chi connectivity index (χ2v) is 10.0. The summed E-state index contributed by atoms with van der Waals surface area (Å²) in [5.41, 5.74) is 7.58. The Balaban J connectivity index is 1.66. The number of carbonyl (C=O) groups excluding carboxylic acids is 1. The van der Waals surface area contributed by atoms with Crippen LogP contribution in [0.15, 0.2) is 108 Å². The van der Waals surface area contributed by atoms with E-state index in [2.05, 4.69) is 106 Å². The lowest BCUT2D eigenvalue weighted by molar-refractivity contribution is 0.0678. The van der Waals surface area contributed by atoms with Gasteiger partial charge in [-0.3, -0.25) is 4.79 Å². The fourth-order valence-electron chi connectivity index (χ4n) is 5.58. The standard InChI is InChI=1S/C31H25BrN2O/c1-20(21-10-4-3-5-11-21)34-30(24-12-6-7-13-25(24)31(34)35)28-26-14-8-9-15-27(26)33(2)29(28)22-16-18-23(32)19-17-22/h3-20,30H,1-2H3/t20-,30+/m1/s1. The largest absolute Gasteiger partial charge is 0.343 e. The molecular formula is C31H25BrN2O. The molecule has 1 amide bonds. The fraction of sp³-hybridized carbons (Fsp3) is 0.129. The highest BCUT2D eigenvalue weighted by Crippen LogP contribution is 2.49. The minimum Gasteiger partial charge on any atom is -0.343 e. The van der Waals surface area contributed by atoms with E-state index in [-0.39, 0.29) is 18.0 Å². The van der Waals surface area contributed by atoms with Crippen LogP contribution in [-0.4, -0.2) is 15.4 Å². The summed E-state index contributed by atoms with van der Waals surface area (Å²) in [6, 6.07) is 35.1. The van der Waals surface area contributed by atoms with Crippen molar-refractivity contribution in [2.24, 2.45) is 7.05 Å². The number of amides is 1. The van der Waals surface area contributed by atoms with Crippen LogP contribution in [0.3, 0.4) is 0 Å². The molecule has 1 aliphatic rings. The molecule has 0 bridgehead atoms. The Morgan fingerprint density at radius 2 is 1.46 bits per heavy atom. The molecule has 5 aromatic rings. The monoisotopic (exact) mass is 520 g/mol. The predicted octanol–water partition coefficient (Wildman–Crippen LogP) is 7.91. The van der Waals surface area contributed by atoms with E-state index >= 15 is 0 Å². The van der Waals surface area contributed by atoms with Gasteiger partial charge in [-0.15, -0.1) is 0 Å². The normalized spacial score (nSPS) is 16.0. The molecule has 0 radical (unpaired) electrons. The molecule has 35 heavy (non-hydrogen) atoms. The lowest BCUT2D eigenvalue weighted by atomic mass is 9.92. The lowest BCUT2D eigenvalue weighted by Gasteiger charge is -2.32. The van der Waals surface area contributed by atoms with Crippen LogP contribution in [0, 0.1) is 0 Å². The Morgan fingerprint density at radius 1 is 0.800 bits per heavy atom. The van der Waals surface area contributed by atoms with Gasteiger partial charge in [-0.2, -0.15) is 0 Å². The molecule has 0 saturated heterocycles. The van der Waals surface area contributed by atoms with Gasteiger partial charge in [0, 0.05) is 33.6 Å². The van der Waals surface area contributed by atoms with Crippen LogP contribution in [0.2, 0.25) is 0 Å². The number of fused-ring (bicyclic) bond motifs is 2. The zero-order valence-electron chi connectivity index (χ0n) is 19.7. The second kappa shape index (κ2) is 8.54. The summed E-state index contributed by atoms with van der Waals surface area (Å²) in [5, 5.41) is 1.17. The van der Waals surface area contributed by atoms with E-state index in [1.807, 2.05) is 36.4 Å². The van der Waals surface area contributed by atoms with E-state index in [1.165, 1.54) is 10.9 Å². The molecule has 0 aliphatic carbocycles. The predicted molar refractivity (Wildman–Crippen MR) is 145 cm³/mol. The van der Waals surface area contributed by atoms with Crippen molar-refractivity contribution in [2.45, 2.75) is 19.0 Å². The Bertz CT molecular complexity index is 1550. The maximum atomic E-state index is 13.9. The van der Waals surface area contributed by atoms with Crippen LogP contribution in [0.25, 0.3) is 22.2 Å². The molecule has 2 heterocycles. The number of rotatable bonds is 4. The van der Waals surface area contributed by atoms with E-state index in [0.717, 1.165) is 37.9 Å². The van der Waals surface area contributed by atoms with Crippen LogP contribution < -0.4 is 0 Å². The van der Waals surface area contributed by atoms with Gasteiger partial charge in [-0.25, -0.2) is 0 Å². The molecule has 0 unspecified atom stereocenters. The van der Waals surface area contributed by atoms with E-state index in [9.17, 15) is 4.79 Å². The van der Waals surface area contributed by atoms with Crippen molar-refractivity contribution in [3.05, 3.63) is 130 Å². The summed E-state index contributed by atoms with van der Waals surface area (Å²) >= 11 is 3.58. The van der Waals surface area contributed by atoms with Crippen molar-refractivity contribution in [3.63, 3.8) is 0 Å². The first kappa shape index (κ1) is 21.9. The van der Waals surface area contributed by atoms with Crippen molar-refractivity contribution in [1.29, 1.82) is 0 Å². The number of aryl methyl sites for hydroxylation is 1. The first-order chi connectivity index (χ1) is 17.1. The van der Waals surface area contributed by atoms with E-state index in [4.69, 9.17) is 0 Å². The van der Waals surface area contributed by atoms with Crippen LogP contribution >= 0.6 is 15.9 Å². The molecule has 4 aromatic carbocycles. The molecule has 4 heteroatoms. The first-order valence-corrected chi connectivity index (χ1v) is 12.7. The summed E-state index contributed by atoms with van der Waals surface area (Å²) in [6.45, 7) is 2.14. The van der Waals surface area contributed by atoms with E-state index in [1.54, 1.807) is 0 Å². The number of hydrogen-bond acceptors (Lipinski definition) is 1. The molecule has 0 N–H and O–H groups in total. The average Bonchev–Trinajstić information content (AvgIpc) is 3.35. The molecule has 6 rings (SSSR count). The quantitative estimate of drug-likeness (QED) is 0.236. The zero-order chi connectivity index (χ0) is 24.1. The van der Waals surface area contributed by atoms with Crippen LogP contribution in [0.5, 0.6) is 0 Å². The summed E-state index contributed by atoms with van der Waals surface area (Å²) in [7, 11) is 2.12. The molecule has 0 fully saturated rings. The van der Waals surface area contributed by atoms with Crippen LogP contribution in [0.4, 0.5) is 0 Å². The summed E-state index contributed by atoms with van der Waals surface area (Å²) in [4.78, 5) is 16.0. The Kier molecular flexibility index (Phi) is 5.34. The highest BCUT2D eigenvalue weighted by Gasteiger charge is 2.43. The molecule has 3 nitrogen and oxygen atoms in total. The van der Waals surface area contributed by atoms with Crippen molar-refractivity contribution < 1.29 is 4.79 Å². The van der Waals surface area contributed by atoms with Crippen molar-refractivity contribution >= 4 is 32.7 Å². The third kappa shape index (κ3) is 3.43. The van der Waals surface area contributed by atoms with Gasteiger partial charge in [-0.1, -0.05) is 94.8 Å². The first-order valence-electron chi connectivity index (χ1n) is 11.9. The number of hydrogen-bond donors (Lipinski definition) is 0. The SMILES string of the molecule is C[C@H](c1ccccc1)N1C(=O)c2ccccc2[C@H]1c1c(-c2ccc(Br)cc2)n(C)c2ccccc12. The second-order valence-electron chi connectivity index (χ2n) is 9.13. The van der Waals surface area contributed by atoms with Gasteiger partial charge in [0.15, 0.2) is 0 Å². The van der Waals surface area contributed by atoms with E-state index < -0.39 is 0 Å². The summed E-state index contributed by atoms with van der Waals surface area (Å²) in [6.07, 6.45) is 0. The minimum absolute atomic E-state index is 0.0802. The number of para-hydroxylation sites is 1. The molecule has 1 aliphatic heterocycles. The summed E-state index contributed by atoms with van der Waals surface area (Å²) < 4.78 is 3.31. The maximum absolute atomic E-state index is 13.9. The molecular weight excluding hydrogens is 496 g/mol. The highest BCUT2D eigenvalue weighted by molar-refractivity contribution is 9.10. The Morgan fingerprint density at radius 3 is 2.23 bits per heavy atom. The van der Waals surface area contributed by atoms with Crippen LogP contribution in [0.1, 0.15) is 46.1 Å². The third-order valence-corrected chi connectivity index (χ3v) is 7.76. The zero-order valence-corrected chi connectivity index (χ0v) is 21.2. The van der Waals surface area contributed by atoms with Gasteiger partial charge in [0.2, 0.25) is 0 Å². The molecule has 172 valence electrons. The number of aromatic nitrogens is 1. The van der Waals surface area contributed by atoms with Crippen LogP contribution in [-0.2, 0) is 7.05 Å². The third-order valence-electron chi connectivity index (χ3n) is 7.23. The number of benzene rings is 4. The highest BCUT2D eigenvalue weighted by atomic mass is 79.9. The van der Waals surface area contributed by atoms with Gasteiger partial charge in [-0.05, 0) is 47.9 Å². The van der Waals surface area contributed by atoms with Gasteiger partial charge < -0.3 is 9.47 Å². The topological polar surface area (TPSA) is 25.2 Å². The maximum Gasteiger partial charge on any atom is 0.255 e. The average molecular weight is 521 g/mol. The van der Waals surface area contributed by atoms with E-state index in [0.29, 0.717) is 0 Å². The molecule has 1 aromatic heterocycles. The fourth-order valence-corrected chi connectivity index (χ4v) is 5.84. The molecule has 2 atom stereocenters. The lowest BCUT2D eigenvalue weighted by Crippen LogP contribution is -2.31. The Labute approximate surface area is 213 Å². The van der Waals surface area contributed by atoms with Gasteiger partial charge >= 0.3 is 0 Å². The summed E-state index contributed by atoms with van der Waals surface area (Å²) in [5.74, 6) is 0.0802. The van der Waals surface area contributed by atoms with Crippen molar-refractivity contribution in [1.82, 2.24) is 9.47 Å². The van der Waals surface area contributed by atoms with Gasteiger partial charge in [0.05, 0.1) is 17.8 Å². The number of halogens is 1. The number of nitrogens with zero attached hydrogens (tertiary/aromatic N) is 2. The number of carbonyl (C=O) groups is 1. The Hall–Kier alpha value is -3.63. The molecule has 0 saturated carbocycles. The smallest absolute Gasteiger partial charge is 0.255 e. The minimum atomic E-state index is -0.196. The van der Waals surface area contributed by atoms with Gasteiger partial charge in [0.1, 0.15) is 0 Å². The van der Waals surface area contributed by atoms with Gasteiger partial charge in [0.25, 0.3) is 5.91 Å². The molecule has 0 spiro atoms. The van der Waals surface area contributed by atoms with Crippen molar-refractivity contribution in [2.75, 3.05) is 0 Å². The van der Waals surface area contributed by atoms with Crippen molar-refractivity contribution in [3.8, 4) is 11.3 Å².